The van der Waals surface area contributed by atoms with Gasteiger partial charge in [0.2, 0.25) is 0 Å². The molecule has 6 nitrogen and oxygen atoms in total. The molecule has 0 spiro atoms. The number of nitrogens with zero attached hydrogens (tertiary/aromatic N) is 1. The maximum atomic E-state index is 10.9. The molecule has 1 aliphatic heterocycles. The summed E-state index contributed by atoms with van der Waals surface area (Å²) in [7, 11) is 0. The molecule has 6 heteroatoms. The summed E-state index contributed by atoms with van der Waals surface area (Å²) in [4.78, 5) is 4.45. The molecule has 0 fully saturated rings. The van der Waals surface area contributed by atoms with Gasteiger partial charge in [0.1, 0.15) is 23.0 Å². The van der Waals surface area contributed by atoms with Crippen LogP contribution in [0.4, 0.5) is 5.69 Å². The minimum atomic E-state index is -0.171. The summed E-state index contributed by atoms with van der Waals surface area (Å²) in [5.41, 5.74) is 10.9. The summed E-state index contributed by atoms with van der Waals surface area (Å²) in [5.74, 6) is 1.75. The minimum Gasteiger partial charge on any atom is -0.507 e. The summed E-state index contributed by atoms with van der Waals surface area (Å²) in [6.45, 7) is 18.3. The highest BCUT2D eigenvalue weighted by atomic mass is 16.5. The number of fused-ring (bicyclic) bond motifs is 1. The molecule has 1 atom stereocenters. The van der Waals surface area contributed by atoms with E-state index in [0.29, 0.717) is 11.6 Å². The zero-order valence-corrected chi connectivity index (χ0v) is 22.6. The number of amidine groups is 1. The third kappa shape index (κ3) is 7.21. The Kier molecular flexibility index (Phi) is 8.50. The monoisotopic (exact) mass is 480 g/mol. The molecule has 1 aliphatic rings. The number of phenols is 1. The lowest BCUT2D eigenvalue weighted by Gasteiger charge is -2.28. The van der Waals surface area contributed by atoms with Gasteiger partial charge in [-0.2, -0.15) is 0 Å². The van der Waals surface area contributed by atoms with E-state index in [2.05, 4.69) is 75.4 Å². The first-order valence-corrected chi connectivity index (χ1v) is 12.8. The summed E-state index contributed by atoms with van der Waals surface area (Å²) >= 11 is 0. The van der Waals surface area contributed by atoms with Crippen molar-refractivity contribution in [2.75, 3.05) is 13.1 Å². The highest BCUT2D eigenvalue weighted by molar-refractivity contribution is 5.89. The molecule has 192 valence electrons. The van der Waals surface area contributed by atoms with Crippen molar-refractivity contribution in [3.05, 3.63) is 52.6 Å². The number of hydrogen-bond donors (Lipinski definition) is 4. The van der Waals surface area contributed by atoms with Crippen molar-refractivity contribution in [1.29, 1.82) is 0 Å². The van der Waals surface area contributed by atoms with Gasteiger partial charge in [0.05, 0.1) is 0 Å². The summed E-state index contributed by atoms with van der Waals surface area (Å²) in [6.07, 6.45) is 2.02. The number of nitrogens with one attached hydrogen (secondary N) is 2. The average molecular weight is 481 g/mol. The lowest BCUT2D eigenvalue weighted by molar-refractivity contribution is 0.281. The van der Waals surface area contributed by atoms with Crippen LogP contribution >= 0.6 is 0 Å². The molecular formula is C29H44N4O2. The van der Waals surface area contributed by atoms with E-state index in [1.807, 2.05) is 19.1 Å². The van der Waals surface area contributed by atoms with E-state index in [-0.39, 0.29) is 16.9 Å². The number of phenolic OH excluding ortho intramolecular Hbond substituents is 1. The predicted molar refractivity (Wildman–Crippen MR) is 146 cm³/mol. The second-order valence-corrected chi connectivity index (χ2v) is 11.7. The Morgan fingerprint density at radius 1 is 0.886 bits per heavy atom. The van der Waals surface area contributed by atoms with Gasteiger partial charge in [0.15, 0.2) is 6.10 Å². The Labute approximate surface area is 211 Å². The highest BCUT2D eigenvalue weighted by Crippen LogP contribution is 2.39. The van der Waals surface area contributed by atoms with Crippen LogP contribution in [-0.4, -0.2) is 30.1 Å². The number of benzene rings is 2. The van der Waals surface area contributed by atoms with E-state index in [9.17, 15) is 5.11 Å². The quantitative estimate of drug-likeness (QED) is 0.360. The smallest absolute Gasteiger partial charge is 0.153 e. The molecule has 0 saturated carbocycles. The Morgan fingerprint density at radius 3 is 1.97 bits per heavy atom. The van der Waals surface area contributed by atoms with Crippen molar-refractivity contribution < 1.29 is 9.84 Å². The molecule has 5 N–H and O–H groups in total. The predicted octanol–water partition coefficient (Wildman–Crippen LogP) is 5.42. The summed E-state index contributed by atoms with van der Waals surface area (Å²) < 4.78 is 5.77. The Morgan fingerprint density at radius 2 is 1.43 bits per heavy atom. The molecule has 35 heavy (non-hydrogen) atoms. The van der Waals surface area contributed by atoms with Crippen LogP contribution < -0.4 is 21.1 Å². The fourth-order valence-corrected chi connectivity index (χ4v) is 4.25. The van der Waals surface area contributed by atoms with Crippen LogP contribution in [0, 0.1) is 0 Å². The zero-order valence-electron chi connectivity index (χ0n) is 22.6. The van der Waals surface area contributed by atoms with Gasteiger partial charge in [0.25, 0.3) is 0 Å². The van der Waals surface area contributed by atoms with E-state index in [1.165, 1.54) is 11.1 Å². The van der Waals surface area contributed by atoms with Crippen molar-refractivity contribution in [3.8, 4) is 11.5 Å². The number of aliphatic imine (C=N–C) groups is 1. The first-order chi connectivity index (χ1) is 16.4. The normalized spacial score (nSPS) is 16.0. The number of nitrogens with two attached hydrogens (primary N) is 1. The van der Waals surface area contributed by atoms with E-state index in [1.54, 1.807) is 0 Å². The van der Waals surface area contributed by atoms with Gasteiger partial charge in [0, 0.05) is 13.1 Å². The molecule has 3 rings (SSSR count). The van der Waals surface area contributed by atoms with Crippen LogP contribution in [0.15, 0.2) is 35.3 Å². The van der Waals surface area contributed by atoms with Crippen LogP contribution in [0.5, 0.6) is 11.5 Å². The van der Waals surface area contributed by atoms with Gasteiger partial charge in [-0.25, -0.2) is 4.99 Å². The Balaban J connectivity index is 1.42. The lowest BCUT2D eigenvalue weighted by atomic mass is 9.78. The van der Waals surface area contributed by atoms with E-state index in [0.717, 1.165) is 61.6 Å². The third-order valence-corrected chi connectivity index (χ3v) is 6.39. The largest absolute Gasteiger partial charge is 0.507 e. The average Bonchev–Trinajstić information content (AvgIpc) is 2.75. The number of hydrogen-bond acceptors (Lipinski definition) is 6. The van der Waals surface area contributed by atoms with Gasteiger partial charge in [-0.15, -0.1) is 0 Å². The van der Waals surface area contributed by atoms with Crippen molar-refractivity contribution >= 4 is 11.5 Å². The fraction of sp³-hybridized carbons (Fsp3) is 0.552. The topological polar surface area (TPSA) is 91.9 Å². The number of aromatic hydroxyl groups is 1. The molecule has 0 amide bonds. The third-order valence-electron chi connectivity index (χ3n) is 6.39. The second kappa shape index (κ2) is 11.0. The molecule has 0 aromatic heterocycles. The standard InChI is InChI=1S/C29H44N4O2/c1-19-27(30)33-24-16-20(10-11-25(24)35-19)17-31-12-8-9-13-32-18-21-14-22(28(2,3)4)26(34)23(15-21)29(5,6)7/h10-11,14-16,19,31-32,34H,8-9,12-13,17-18H2,1-7H3,(H2,30,33). The van der Waals surface area contributed by atoms with Crippen molar-refractivity contribution in [2.24, 2.45) is 10.7 Å². The SMILES string of the molecule is CC1Oc2ccc(CNCCCCNCc3cc(C(C)(C)C)c(O)c(C(C)(C)C)c3)cc2N=C1N. The van der Waals surface area contributed by atoms with Crippen LogP contribution in [0.3, 0.4) is 0 Å². The number of unbranched alkanes of at least 4 members (excludes halogenated alkanes) is 1. The Bertz CT molecular complexity index is 1010. The molecule has 1 unspecified atom stereocenters. The van der Waals surface area contributed by atoms with Crippen LogP contribution in [0.1, 0.15) is 83.6 Å². The van der Waals surface area contributed by atoms with Crippen LogP contribution in [0.25, 0.3) is 0 Å². The molecule has 2 aromatic rings. The maximum Gasteiger partial charge on any atom is 0.153 e. The first kappa shape index (κ1) is 27.0. The second-order valence-electron chi connectivity index (χ2n) is 11.7. The summed E-state index contributed by atoms with van der Waals surface area (Å²) in [5, 5.41) is 18.0. The van der Waals surface area contributed by atoms with Gasteiger partial charge in [-0.1, -0.05) is 59.7 Å². The highest BCUT2D eigenvalue weighted by Gasteiger charge is 2.26. The van der Waals surface area contributed by atoms with E-state index in [4.69, 9.17) is 10.5 Å². The first-order valence-electron chi connectivity index (χ1n) is 12.8. The van der Waals surface area contributed by atoms with Gasteiger partial charge < -0.3 is 26.2 Å². The summed E-state index contributed by atoms with van der Waals surface area (Å²) in [6, 6.07) is 10.4. The van der Waals surface area contributed by atoms with E-state index >= 15 is 0 Å². The van der Waals surface area contributed by atoms with Crippen molar-refractivity contribution in [3.63, 3.8) is 0 Å². The molecule has 0 aliphatic carbocycles. The van der Waals surface area contributed by atoms with Crippen molar-refractivity contribution in [1.82, 2.24) is 10.6 Å². The minimum absolute atomic E-state index is 0.103. The van der Waals surface area contributed by atoms with E-state index < -0.39 is 0 Å². The molecule has 0 bridgehead atoms. The number of ether oxygens (including phenoxy) is 1. The molecule has 0 saturated heterocycles. The van der Waals surface area contributed by atoms with Gasteiger partial charge in [-0.3, -0.25) is 0 Å². The van der Waals surface area contributed by atoms with Crippen LogP contribution in [0.2, 0.25) is 0 Å². The molecule has 0 radical (unpaired) electrons. The lowest BCUT2D eigenvalue weighted by Crippen LogP contribution is -2.33. The molecular weight excluding hydrogens is 436 g/mol. The van der Waals surface area contributed by atoms with Crippen molar-refractivity contribution in [2.45, 2.75) is 91.3 Å². The number of rotatable bonds is 9. The molecule has 1 heterocycles. The van der Waals surface area contributed by atoms with Crippen LogP contribution in [-0.2, 0) is 23.9 Å². The zero-order chi connectivity index (χ0) is 25.8. The molecule has 2 aromatic carbocycles. The Hall–Kier alpha value is -2.57. The van der Waals surface area contributed by atoms with Gasteiger partial charge >= 0.3 is 0 Å². The maximum absolute atomic E-state index is 10.9. The van der Waals surface area contributed by atoms with Gasteiger partial charge in [-0.05, 0) is 78.1 Å². The fourth-order valence-electron chi connectivity index (χ4n) is 4.25.